The largest absolute Gasteiger partial charge is 0.382 e. The van der Waals surface area contributed by atoms with Crippen LogP contribution in [0.3, 0.4) is 0 Å². The van der Waals surface area contributed by atoms with E-state index in [0.29, 0.717) is 17.2 Å². The lowest BCUT2D eigenvalue weighted by Crippen LogP contribution is -2.36. The molecule has 0 aliphatic carbocycles. The number of nitrogen functional groups attached to an aromatic ring is 1. The third-order valence-electron chi connectivity index (χ3n) is 2.85. The molecule has 106 valence electrons. The van der Waals surface area contributed by atoms with Crippen molar-refractivity contribution in [3.05, 3.63) is 17.5 Å². The molecule has 0 spiro atoms. The number of nitrogens with zero attached hydrogens (tertiary/aromatic N) is 3. The molecule has 6 heteroatoms. The number of hydrogen-bond donors (Lipinski definition) is 1. The Morgan fingerprint density at radius 2 is 2.21 bits per heavy atom. The van der Waals surface area contributed by atoms with Gasteiger partial charge in [0.2, 0.25) is 0 Å². The number of aromatic nitrogens is 1. The van der Waals surface area contributed by atoms with E-state index in [4.69, 9.17) is 5.73 Å². The first-order valence-electron chi connectivity index (χ1n) is 6.31. The van der Waals surface area contributed by atoms with Gasteiger partial charge in [-0.05, 0) is 20.8 Å². The molecular weight excluding hydrogens is 260 g/mol. The standard InChI is InChI=1S/C13H22N4OS/c1-6-8-17(9(3)4)12(18)10-11(14)15-13(19-10)16(5)7-2/h6,9H,1,7-8,14H2,2-5H3. The Bertz CT molecular complexity index is 455. The van der Waals surface area contributed by atoms with Crippen molar-refractivity contribution in [1.82, 2.24) is 9.88 Å². The Balaban J connectivity index is 3.04. The molecule has 0 bridgehead atoms. The lowest BCUT2D eigenvalue weighted by Gasteiger charge is -2.24. The topological polar surface area (TPSA) is 62.5 Å². The lowest BCUT2D eigenvalue weighted by molar-refractivity contribution is 0.0734. The highest BCUT2D eigenvalue weighted by atomic mass is 32.1. The third kappa shape index (κ3) is 3.47. The van der Waals surface area contributed by atoms with Crippen molar-refractivity contribution in [1.29, 1.82) is 0 Å². The maximum atomic E-state index is 12.5. The molecule has 0 unspecified atom stereocenters. The van der Waals surface area contributed by atoms with E-state index in [-0.39, 0.29) is 11.9 Å². The van der Waals surface area contributed by atoms with E-state index in [9.17, 15) is 4.79 Å². The molecule has 2 N–H and O–H groups in total. The van der Waals surface area contributed by atoms with Gasteiger partial charge < -0.3 is 15.5 Å². The number of rotatable bonds is 6. The SMILES string of the molecule is C=CCN(C(=O)c1sc(N(C)CC)nc1N)C(C)C. The van der Waals surface area contributed by atoms with Gasteiger partial charge in [-0.1, -0.05) is 17.4 Å². The normalized spacial score (nSPS) is 10.6. The third-order valence-corrected chi connectivity index (χ3v) is 4.02. The van der Waals surface area contributed by atoms with E-state index < -0.39 is 0 Å². The van der Waals surface area contributed by atoms with E-state index in [1.165, 1.54) is 11.3 Å². The molecule has 0 radical (unpaired) electrons. The van der Waals surface area contributed by atoms with Crippen LogP contribution >= 0.6 is 11.3 Å². The summed E-state index contributed by atoms with van der Waals surface area (Å²) in [7, 11) is 1.93. The van der Waals surface area contributed by atoms with Crippen LogP contribution in [0, 0.1) is 0 Å². The summed E-state index contributed by atoms with van der Waals surface area (Å²) in [6, 6.07) is 0.0966. The zero-order valence-corrected chi connectivity index (χ0v) is 12.8. The number of anilines is 2. The predicted octanol–water partition coefficient (Wildman–Crippen LogP) is 2.22. The Kier molecular flexibility index (Phi) is 5.35. The molecule has 0 saturated heterocycles. The van der Waals surface area contributed by atoms with Crippen LogP contribution in [-0.2, 0) is 0 Å². The number of hydrogen-bond acceptors (Lipinski definition) is 5. The average Bonchev–Trinajstić information content (AvgIpc) is 2.76. The fraction of sp³-hybridized carbons (Fsp3) is 0.538. The number of carbonyl (C=O) groups excluding carboxylic acids is 1. The number of amides is 1. The van der Waals surface area contributed by atoms with Crippen molar-refractivity contribution < 1.29 is 4.79 Å². The summed E-state index contributed by atoms with van der Waals surface area (Å²) in [4.78, 5) is 20.9. The minimum atomic E-state index is -0.0827. The zero-order valence-electron chi connectivity index (χ0n) is 12.0. The molecule has 1 amide bonds. The quantitative estimate of drug-likeness (QED) is 0.813. The van der Waals surface area contributed by atoms with Gasteiger partial charge in [-0.2, -0.15) is 0 Å². The Hall–Kier alpha value is -1.56. The van der Waals surface area contributed by atoms with E-state index in [1.54, 1.807) is 11.0 Å². The second kappa shape index (κ2) is 6.56. The van der Waals surface area contributed by atoms with Crippen LogP contribution in [0.5, 0.6) is 0 Å². The van der Waals surface area contributed by atoms with Crippen molar-refractivity contribution in [2.24, 2.45) is 0 Å². The minimum Gasteiger partial charge on any atom is -0.382 e. The molecule has 19 heavy (non-hydrogen) atoms. The van der Waals surface area contributed by atoms with Gasteiger partial charge in [-0.15, -0.1) is 6.58 Å². The van der Waals surface area contributed by atoms with Gasteiger partial charge in [0.05, 0.1) is 0 Å². The van der Waals surface area contributed by atoms with Crippen molar-refractivity contribution in [2.75, 3.05) is 30.8 Å². The predicted molar refractivity (Wildman–Crippen MR) is 81.8 cm³/mol. The number of thiazole rings is 1. The summed E-state index contributed by atoms with van der Waals surface area (Å²) < 4.78 is 0. The van der Waals surface area contributed by atoms with Crippen LogP contribution < -0.4 is 10.6 Å². The van der Waals surface area contributed by atoms with Crippen molar-refractivity contribution in [3.8, 4) is 0 Å². The van der Waals surface area contributed by atoms with Gasteiger partial charge >= 0.3 is 0 Å². The molecule has 0 atom stereocenters. The van der Waals surface area contributed by atoms with Crippen LogP contribution in [0.15, 0.2) is 12.7 Å². The zero-order chi connectivity index (χ0) is 14.6. The molecule has 1 rings (SSSR count). The Morgan fingerprint density at radius 1 is 1.58 bits per heavy atom. The smallest absolute Gasteiger partial charge is 0.268 e. The van der Waals surface area contributed by atoms with E-state index in [2.05, 4.69) is 11.6 Å². The average molecular weight is 282 g/mol. The van der Waals surface area contributed by atoms with E-state index >= 15 is 0 Å². The van der Waals surface area contributed by atoms with Crippen molar-refractivity contribution in [2.45, 2.75) is 26.8 Å². The fourth-order valence-electron chi connectivity index (χ4n) is 1.57. The summed E-state index contributed by atoms with van der Waals surface area (Å²) in [5.74, 6) is 0.223. The molecule has 0 aliphatic heterocycles. The Morgan fingerprint density at radius 3 is 2.68 bits per heavy atom. The van der Waals surface area contributed by atoms with Crippen molar-refractivity contribution in [3.63, 3.8) is 0 Å². The summed E-state index contributed by atoms with van der Waals surface area (Å²) >= 11 is 1.34. The molecule has 0 fully saturated rings. The van der Waals surface area contributed by atoms with Crippen LogP contribution in [-0.4, -0.2) is 42.0 Å². The molecule has 5 nitrogen and oxygen atoms in total. The highest BCUT2D eigenvalue weighted by molar-refractivity contribution is 7.18. The number of nitrogens with two attached hydrogens (primary N) is 1. The molecule has 1 heterocycles. The van der Waals surface area contributed by atoms with Gasteiger partial charge in [0.1, 0.15) is 10.7 Å². The number of carbonyl (C=O) groups is 1. The highest BCUT2D eigenvalue weighted by Crippen LogP contribution is 2.28. The highest BCUT2D eigenvalue weighted by Gasteiger charge is 2.24. The summed E-state index contributed by atoms with van der Waals surface area (Å²) in [5, 5.41) is 0.769. The fourth-order valence-corrected chi connectivity index (χ4v) is 2.54. The molecule has 1 aromatic rings. The second-order valence-corrected chi connectivity index (χ2v) is 5.54. The molecule has 1 aromatic heterocycles. The monoisotopic (exact) mass is 282 g/mol. The van der Waals surface area contributed by atoms with Gasteiger partial charge in [0.15, 0.2) is 5.13 Å². The van der Waals surface area contributed by atoms with E-state index in [0.717, 1.165) is 11.7 Å². The maximum absolute atomic E-state index is 12.5. The van der Waals surface area contributed by atoms with Crippen LogP contribution in [0.25, 0.3) is 0 Å². The van der Waals surface area contributed by atoms with Crippen LogP contribution in [0.4, 0.5) is 10.9 Å². The summed E-state index contributed by atoms with van der Waals surface area (Å²) in [6.07, 6.45) is 1.72. The summed E-state index contributed by atoms with van der Waals surface area (Å²) in [6.45, 7) is 11.0. The minimum absolute atomic E-state index is 0.0827. The second-order valence-electron chi connectivity index (χ2n) is 4.56. The maximum Gasteiger partial charge on any atom is 0.268 e. The first-order chi connectivity index (χ1) is 8.92. The molecular formula is C13H22N4OS. The van der Waals surface area contributed by atoms with Gasteiger partial charge in [-0.25, -0.2) is 4.98 Å². The molecule has 0 aliphatic rings. The van der Waals surface area contributed by atoms with Gasteiger partial charge in [0.25, 0.3) is 5.91 Å². The van der Waals surface area contributed by atoms with Gasteiger partial charge in [0, 0.05) is 26.2 Å². The Labute approximate surface area is 118 Å². The molecule has 0 aromatic carbocycles. The van der Waals surface area contributed by atoms with E-state index in [1.807, 2.05) is 32.7 Å². The van der Waals surface area contributed by atoms with Crippen LogP contribution in [0.1, 0.15) is 30.4 Å². The van der Waals surface area contributed by atoms with Crippen molar-refractivity contribution >= 4 is 28.2 Å². The van der Waals surface area contributed by atoms with Crippen LogP contribution in [0.2, 0.25) is 0 Å². The first kappa shape index (κ1) is 15.5. The summed E-state index contributed by atoms with van der Waals surface area (Å²) in [5.41, 5.74) is 5.87. The lowest BCUT2D eigenvalue weighted by atomic mass is 10.3. The molecule has 0 saturated carbocycles. The first-order valence-corrected chi connectivity index (χ1v) is 7.13. The van der Waals surface area contributed by atoms with Gasteiger partial charge in [-0.3, -0.25) is 4.79 Å².